The normalized spacial score (nSPS) is 18.0. The number of fused-ring (bicyclic) bond motifs is 2. The molecule has 1 N–H and O–H groups in total. The summed E-state index contributed by atoms with van der Waals surface area (Å²) in [5.41, 5.74) is 1.00. The summed E-state index contributed by atoms with van der Waals surface area (Å²) in [6, 6.07) is 7.96. The van der Waals surface area contributed by atoms with Crippen molar-refractivity contribution in [3.63, 3.8) is 0 Å². The summed E-state index contributed by atoms with van der Waals surface area (Å²) < 4.78 is 10.8. The van der Waals surface area contributed by atoms with Crippen LogP contribution in [-0.2, 0) is 17.8 Å². The van der Waals surface area contributed by atoms with E-state index in [1.807, 2.05) is 18.2 Å². The topological polar surface area (TPSA) is 76.6 Å². The number of nitrogens with zero attached hydrogens (tertiary/aromatic N) is 3. The number of hydrogen-bond donors (Lipinski definition) is 1. The molecule has 0 radical (unpaired) electrons. The van der Waals surface area contributed by atoms with Crippen molar-refractivity contribution in [1.29, 1.82) is 0 Å². The SMILES string of the molecule is CCc1cc2c(N3CCCC(C(=O)NCc4ccc5c(c4)OCO5)C3)ncnc2s1. The van der Waals surface area contributed by atoms with E-state index in [2.05, 4.69) is 33.2 Å². The lowest BCUT2D eigenvalue weighted by Crippen LogP contribution is -2.43. The molecule has 2 aromatic heterocycles. The van der Waals surface area contributed by atoms with Gasteiger partial charge in [-0.2, -0.15) is 0 Å². The number of piperidine rings is 1. The minimum absolute atomic E-state index is 0.0537. The molecule has 8 heteroatoms. The molecule has 4 heterocycles. The van der Waals surface area contributed by atoms with Crippen LogP contribution < -0.4 is 19.7 Å². The van der Waals surface area contributed by atoms with Gasteiger partial charge in [0, 0.05) is 24.5 Å². The minimum Gasteiger partial charge on any atom is -0.454 e. The number of hydrogen-bond acceptors (Lipinski definition) is 7. The van der Waals surface area contributed by atoms with Crippen molar-refractivity contribution in [2.45, 2.75) is 32.7 Å². The Morgan fingerprint density at radius 1 is 1.27 bits per heavy atom. The third-order valence-electron chi connectivity index (χ3n) is 5.70. The number of anilines is 1. The fourth-order valence-electron chi connectivity index (χ4n) is 4.09. The van der Waals surface area contributed by atoms with Crippen molar-refractivity contribution >= 4 is 33.3 Å². The van der Waals surface area contributed by atoms with Gasteiger partial charge < -0.3 is 19.7 Å². The van der Waals surface area contributed by atoms with Gasteiger partial charge in [-0.1, -0.05) is 13.0 Å². The molecule has 1 saturated heterocycles. The van der Waals surface area contributed by atoms with E-state index in [9.17, 15) is 4.79 Å². The van der Waals surface area contributed by atoms with Crippen LogP contribution in [0.15, 0.2) is 30.6 Å². The molecule has 1 fully saturated rings. The highest BCUT2D eigenvalue weighted by Gasteiger charge is 2.28. The summed E-state index contributed by atoms with van der Waals surface area (Å²) in [7, 11) is 0. The maximum absolute atomic E-state index is 12.9. The number of aromatic nitrogens is 2. The molecular weight excluding hydrogens is 400 g/mol. The Balaban J connectivity index is 1.26. The molecule has 1 amide bonds. The molecule has 156 valence electrons. The standard InChI is InChI=1S/C22H24N4O3S/c1-2-16-9-17-20(24-12-25-22(17)30-16)26-7-3-4-15(11-26)21(27)23-10-14-5-6-18-19(8-14)29-13-28-18/h5-6,8-9,12,15H,2-4,7,10-11,13H2,1H3,(H,23,27). The molecule has 0 aliphatic carbocycles. The van der Waals surface area contributed by atoms with Crippen LogP contribution in [0.5, 0.6) is 11.5 Å². The zero-order valence-corrected chi connectivity index (χ0v) is 17.7. The van der Waals surface area contributed by atoms with Crippen LogP contribution >= 0.6 is 11.3 Å². The molecule has 2 aliphatic heterocycles. The molecular formula is C22H24N4O3S. The molecule has 0 bridgehead atoms. The Labute approximate surface area is 179 Å². The van der Waals surface area contributed by atoms with Crippen molar-refractivity contribution in [2.24, 2.45) is 5.92 Å². The van der Waals surface area contributed by atoms with Crippen LogP contribution in [-0.4, -0.2) is 35.8 Å². The number of aryl methyl sites for hydroxylation is 1. The van der Waals surface area contributed by atoms with Gasteiger partial charge in [-0.3, -0.25) is 4.79 Å². The number of nitrogens with one attached hydrogen (secondary N) is 1. The Morgan fingerprint density at radius 3 is 3.07 bits per heavy atom. The molecule has 7 nitrogen and oxygen atoms in total. The number of carbonyl (C=O) groups is 1. The summed E-state index contributed by atoms with van der Waals surface area (Å²) in [5.74, 6) is 2.47. The molecule has 30 heavy (non-hydrogen) atoms. The summed E-state index contributed by atoms with van der Waals surface area (Å²) in [5, 5.41) is 4.19. The lowest BCUT2D eigenvalue weighted by atomic mass is 9.97. The Morgan fingerprint density at radius 2 is 2.17 bits per heavy atom. The smallest absolute Gasteiger partial charge is 0.231 e. The van der Waals surface area contributed by atoms with Gasteiger partial charge in [0.2, 0.25) is 12.7 Å². The molecule has 2 aliphatic rings. The van der Waals surface area contributed by atoms with Gasteiger partial charge >= 0.3 is 0 Å². The van der Waals surface area contributed by atoms with Crippen molar-refractivity contribution in [1.82, 2.24) is 15.3 Å². The maximum Gasteiger partial charge on any atom is 0.231 e. The second kappa shape index (κ2) is 8.10. The Bertz CT molecular complexity index is 1080. The van der Waals surface area contributed by atoms with Gasteiger partial charge in [0.1, 0.15) is 17.0 Å². The van der Waals surface area contributed by atoms with Crippen LogP contribution in [0.3, 0.4) is 0 Å². The third kappa shape index (κ3) is 3.67. The van der Waals surface area contributed by atoms with Crippen LogP contribution in [0.2, 0.25) is 0 Å². The Hall–Kier alpha value is -2.87. The van der Waals surface area contributed by atoms with E-state index in [0.717, 1.165) is 58.9 Å². The summed E-state index contributed by atoms with van der Waals surface area (Å²) in [6.45, 7) is 4.47. The first kappa shape index (κ1) is 19.1. The van der Waals surface area contributed by atoms with E-state index in [1.54, 1.807) is 17.7 Å². The van der Waals surface area contributed by atoms with E-state index in [4.69, 9.17) is 9.47 Å². The number of rotatable bonds is 5. The number of carbonyl (C=O) groups excluding carboxylic acids is 1. The lowest BCUT2D eigenvalue weighted by molar-refractivity contribution is -0.125. The predicted octanol–water partition coefficient (Wildman–Crippen LogP) is 3.52. The van der Waals surface area contributed by atoms with Crippen LogP contribution in [0.1, 0.15) is 30.2 Å². The van der Waals surface area contributed by atoms with Gasteiger partial charge in [0.25, 0.3) is 0 Å². The van der Waals surface area contributed by atoms with Crippen molar-refractivity contribution in [3.8, 4) is 11.5 Å². The first-order valence-electron chi connectivity index (χ1n) is 10.4. The average Bonchev–Trinajstić information content (AvgIpc) is 3.43. The van der Waals surface area contributed by atoms with Crippen molar-refractivity contribution in [3.05, 3.63) is 41.0 Å². The first-order chi connectivity index (χ1) is 14.7. The predicted molar refractivity (Wildman–Crippen MR) is 116 cm³/mol. The molecule has 0 saturated carbocycles. The van der Waals surface area contributed by atoms with E-state index < -0.39 is 0 Å². The van der Waals surface area contributed by atoms with Gasteiger partial charge in [0.15, 0.2) is 11.5 Å². The Kier molecular flexibility index (Phi) is 5.16. The molecule has 1 atom stereocenters. The van der Waals surface area contributed by atoms with E-state index >= 15 is 0 Å². The number of thiophene rings is 1. The first-order valence-corrected chi connectivity index (χ1v) is 11.2. The highest BCUT2D eigenvalue weighted by molar-refractivity contribution is 7.18. The second-order valence-corrected chi connectivity index (χ2v) is 8.79. The van der Waals surface area contributed by atoms with Crippen LogP contribution in [0.4, 0.5) is 5.82 Å². The molecule has 1 unspecified atom stereocenters. The zero-order chi connectivity index (χ0) is 20.5. The molecule has 0 spiro atoms. The quantitative estimate of drug-likeness (QED) is 0.675. The van der Waals surface area contributed by atoms with Gasteiger partial charge in [-0.05, 0) is 43.0 Å². The van der Waals surface area contributed by atoms with E-state index in [1.165, 1.54) is 4.88 Å². The third-order valence-corrected chi connectivity index (χ3v) is 6.89. The molecule has 5 rings (SSSR count). The fourth-order valence-corrected chi connectivity index (χ4v) is 5.02. The highest BCUT2D eigenvalue weighted by atomic mass is 32.1. The number of benzene rings is 1. The van der Waals surface area contributed by atoms with E-state index in [-0.39, 0.29) is 18.6 Å². The van der Waals surface area contributed by atoms with Gasteiger partial charge in [0.05, 0.1) is 11.3 Å². The minimum atomic E-state index is -0.0537. The van der Waals surface area contributed by atoms with Crippen molar-refractivity contribution < 1.29 is 14.3 Å². The van der Waals surface area contributed by atoms with Gasteiger partial charge in [-0.15, -0.1) is 11.3 Å². The monoisotopic (exact) mass is 424 g/mol. The second-order valence-electron chi connectivity index (χ2n) is 7.67. The van der Waals surface area contributed by atoms with Crippen molar-refractivity contribution in [2.75, 3.05) is 24.8 Å². The average molecular weight is 425 g/mol. The summed E-state index contributed by atoms with van der Waals surface area (Å²) in [4.78, 5) is 26.4. The highest BCUT2D eigenvalue weighted by Crippen LogP contribution is 2.33. The lowest BCUT2D eigenvalue weighted by Gasteiger charge is -2.33. The summed E-state index contributed by atoms with van der Waals surface area (Å²) in [6.07, 6.45) is 4.49. The maximum atomic E-state index is 12.9. The zero-order valence-electron chi connectivity index (χ0n) is 16.9. The number of ether oxygens (including phenoxy) is 2. The molecule has 3 aromatic rings. The fraction of sp³-hybridized carbons (Fsp3) is 0.409. The van der Waals surface area contributed by atoms with Crippen LogP contribution in [0.25, 0.3) is 10.2 Å². The largest absolute Gasteiger partial charge is 0.454 e. The number of amides is 1. The van der Waals surface area contributed by atoms with E-state index in [0.29, 0.717) is 13.1 Å². The van der Waals surface area contributed by atoms with Gasteiger partial charge in [-0.25, -0.2) is 9.97 Å². The van der Waals surface area contributed by atoms with Crippen LogP contribution in [0, 0.1) is 5.92 Å². The molecule has 1 aromatic carbocycles. The summed E-state index contributed by atoms with van der Waals surface area (Å²) >= 11 is 1.72.